The van der Waals surface area contributed by atoms with Crippen LogP contribution in [0, 0.1) is 0 Å². The first-order chi connectivity index (χ1) is 10.9. The van der Waals surface area contributed by atoms with Gasteiger partial charge >= 0.3 is 11.7 Å². The van der Waals surface area contributed by atoms with Gasteiger partial charge in [0.15, 0.2) is 0 Å². The molecule has 0 unspecified atom stereocenters. The van der Waals surface area contributed by atoms with Crippen LogP contribution in [-0.4, -0.2) is 32.5 Å². The number of carbonyl (C=O) groups is 1. The number of nitrogens with one attached hydrogen (secondary N) is 2. The third kappa shape index (κ3) is 4.84. The minimum absolute atomic E-state index is 0.0202. The second kappa shape index (κ2) is 7.66. The van der Waals surface area contributed by atoms with Crippen LogP contribution in [0.1, 0.15) is 58.7 Å². The number of urea groups is 1. The van der Waals surface area contributed by atoms with Gasteiger partial charge in [-0.05, 0) is 39.5 Å². The van der Waals surface area contributed by atoms with Gasteiger partial charge in [0.05, 0.1) is 0 Å². The first kappa shape index (κ1) is 17.6. The van der Waals surface area contributed by atoms with E-state index in [9.17, 15) is 9.59 Å². The van der Waals surface area contributed by atoms with E-state index < -0.39 is 0 Å². The molecular weight excluding hydrogens is 294 g/mol. The lowest BCUT2D eigenvalue weighted by molar-refractivity contribution is 0.227. The topological polar surface area (TPSA) is 81.0 Å². The van der Waals surface area contributed by atoms with E-state index in [-0.39, 0.29) is 17.3 Å². The van der Waals surface area contributed by atoms with Crippen molar-refractivity contribution in [3.8, 4) is 0 Å². The monoisotopic (exact) mass is 323 g/mol. The minimum Gasteiger partial charge on any atom is -0.338 e. The Bertz CT molecular complexity index is 588. The average molecular weight is 323 g/mol. The Hall–Kier alpha value is -1.79. The standard InChI is InChI=1S/C16H29N5O2/c1-4-9-16(2,3)18-14(22)17-10-7-12-21-15(23)20-11-6-5-8-13(20)19-21/h4-12H2,1-3H3,(H2,17,18,22). The Morgan fingerprint density at radius 2 is 2.13 bits per heavy atom. The van der Waals surface area contributed by atoms with Gasteiger partial charge < -0.3 is 10.6 Å². The zero-order valence-corrected chi connectivity index (χ0v) is 14.5. The molecule has 0 aliphatic carbocycles. The summed E-state index contributed by atoms with van der Waals surface area (Å²) in [7, 11) is 0. The molecular formula is C16H29N5O2. The van der Waals surface area contributed by atoms with E-state index >= 15 is 0 Å². The Labute approximate surface area is 137 Å². The van der Waals surface area contributed by atoms with Crippen LogP contribution < -0.4 is 16.3 Å². The van der Waals surface area contributed by atoms with Crippen molar-refractivity contribution in [2.45, 2.75) is 77.9 Å². The molecule has 0 saturated heterocycles. The fraction of sp³-hybridized carbons (Fsp3) is 0.812. The van der Waals surface area contributed by atoms with Gasteiger partial charge in [-0.25, -0.2) is 14.3 Å². The maximum atomic E-state index is 12.2. The van der Waals surface area contributed by atoms with E-state index in [0.717, 1.165) is 44.5 Å². The number of fused-ring (bicyclic) bond motifs is 1. The molecule has 7 nitrogen and oxygen atoms in total. The number of aryl methyl sites for hydroxylation is 2. The first-order valence-electron chi connectivity index (χ1n) is 8.65. The molecule has 2 heterocycles. The molecule has 0 radical (unpaired) electrons. The Kier molecular flexibility index (Phi) is 5.85. The van der Waals surface area contributed by atoms with Crippen LogP contribution in [0.4, 0.5) is 4.79 Å². The molecule has 0 saturated carbocycles. The zero-order valence-electron chi connectivity index (χ0n) is 14.5. The van der Waals surface area contributed by atoms with Crippen molar-refractivity contribution >= 4 is 6.03 Å². The second-order valence-corrected chi connectivity index (χ2v) is 6.90. The predicted molar refractivity (Wildman–Crippen MR) is 89.6 cm³/mol. The molecule has 0 spiro atoms. The molecule has 2 N–H and O–H groups in total. The molecule has 1 aliphatic rings. The molecule has 130 valence electrons. The van der Waals surface area contributed by atoms with Crippen molar-refractivity contribution in [2.24, 2.45) is 0 Å². The van der Waals surface area contributed by atoms with Gasteiger partial charge in [-0.2, -0.15) is 5.10 Å². The summed E-state index contributed by atoms with van der Waals surface area (Å²) in [4.78, 5) is 24.0. The lowest BCUT2D eigenvalue weighted by Gasteiger charge is -2.25. The first-order valence-corrected chi connectivity index (χ1v) is 8.65. The molecule has 0 fully saturated rings. The number of nitrogens with zero attached hydrogens (tertiary/aromatic N) is 3. The van der Waals surface area contributed by atoms with E-state index in [1.807, 2.05) is 13.8 Å². The third-order valence-electron chi connectivity index (χ3n) is 4.19. The number of rotatable bonds is 7. The lowest BCUT2D eigenvalue weighted by atomic mass is 9.99. The van der Waals surface area contributed by atoms with Crippen molar-refractivity contribution in [1.82, 2.24) is 25.0 Å². The van der Waals surface area contributed by atoms with Crippen LogP contribution in [0.15, 0.2) is 4.79 Å². The molecule has 1 aromatic rings. The highest BCUT2D eigenvalue weighted by Gasteiger charge is 2.19. The zero-order chi connectivity index (χ0) is 16.9. The van der Waals surface area contributed by atoms with E-state index in [2.05, 4.69) is 22.7 Å². The maximum Gasteiger partial charge on any atom is 0.345 e. The van der Waals surface area contributed by atoms with Crippen molar-refractivity contribution in [3.63, 3.8) is 0 Å². The van der Waals surface area contributed by atoms with Crippen molar-refractivity contribution in [3.05, 3.63) is 16.3 Å². The van der Waals surface area contributed by atoms with Crippen LogP contribution >= 0.6 is 0 Å². The van der Waals surface area contributed by atoms with Crippen molar-refractivity contribution in [2.75, 3.05) is 6.54 Å². The van der Waals surface area contributed by atoms with Crippen LogP contribution in [0.5, 0.6) is 0 Å². The number of hydrogen-bond acceptors (Lipinski definition) is 3. The summed E-state index contributed by atoms with van der Waals surface area (Å²) in [5, 5.41) is 10.2. The number of hydrogen-bond donors (Lipinski definition) is 2. The highest BCUT2D eigenvalue weighted by atomic mass is 16.2. The number of aromatic nitrogens is 3. The molecule has 0 atom stereocenters. The summed E-state index contributed by atoms with van der Waals surface area (Å²) in [6.45, 7) is 7.99. The van der Waals surface area contributed by atoms with Crippen LogP contribution in [-0.2, 0) is 19.5 Å². The van der Waals surface area contributed by atoms with Crippen LogP contribution in [0.25, 0.3) is 0 Å². The highest BCUT2D eigenvalue weighted by Crippen LogP contribution is 2.10. The van der Waals surface area contributed by atoms with Gasteiger partial charge in [0.25, 0.3) is 0 Å². The molecule has 0 bridgehead atoms. The smallest absolute Gasteiger partial charge is 0.338 e. The lowest BCUT2D eigenvalue weighted by Crippen LogP contribution is -2.48. The molecule has 23 heavy (non-hydrogen) atoms. The number of amides is 2. The van der Waals surface area contributed by atoms with E-state index in [1.165, 1.54) is 4.68 Å². The molecule has 1 aliphatic heterocycles. The Balaban J connectivity index is 1.75. The van der Waals surface area contributed by atoms with E-state index in [0.29, 0.717) is 19.5 Å². The molecule has 7 heteroatoms. The third-order valence-corrected chi connectivity index (χ3v) is 4.19. The average Bonchev–Trinajstić information content (AvgIpc) is 2.80. The predicted octanol–water partition coefficient (Wildman–Crippen LogP) is 1.65. The van der Waals surface area contributed by atoms with Gasteiger partial charge in [-0.1, -0.05) is 13.3 Å². The fourth-order valence-corrected chi connectivity index (χ4v) is 3.06. The Morgan fingerprint density at radius 1 is 1.35 bits per heavy atom. The summed E-state index contributed by atoms with van der Waals surface area (Å²) in [6, 6.07) is -0.153. The quantitative estimate of drug-likeness (QED) is 0.749. The molecule has 2 rings (SSSR count). The van der Waals surface area contributed by atoms with E-state index in [4.69, 9.17) is 0 Å². The van der Waals surface area contributed by atoms with Gasteiger partial charge in [-0.15, -0.1) is 0 Å². The largest absolute Gasteiger partial charge is 0.345 e. The minimum atomic E-state index is -0.196. The van der Waals surface area contributed by atoms with E-state index in [1.54, 1.807) is 4.57 Å². The summed E-state index contributed by atoms with van der Waals surface area (Å²) in [5.41, 5.74) is -0.216. The summed E-state index contributed by atoms with van der Waals surface area (Å²) >= 11 is 0. The van der Waals surface area contributed by atoms with Crippen LogP contribution in [0.2, 0.25) is 0 Å². The number of carbonyl (C=O) groups excluding carboxylic acids is 1. The van der Waals surface area contributed by atoms with Crippen molar-refractivity contribution < 1.29 is 4.79 Å². The van der Waals surface area contributed by atoms with Gasteiger partial charge in [0.1, 0.15) is 5.82 Å². The van der Waals surface area contributed by atoms with Gasteiger partial charge in [-0.3, -0.25) is 4.57 Å². The molecule has 1 aromatic heterocycles. The van der Waals surface area contributed by atoms with Crippen molar-refractivity contribution in [1.29, 1.82) is 0 Å². The molecule has 0 aromatic carbocycles. The fourth-order valence-electron chi connectivity index (χ4n) is 3.06. The maximum absolute atomic E-state index is 12.2. The second-order valence-electron chi connectivity index (χ2n) is 6.90. The normalized spacial score (nSPS) is 14.4. The SMILES string of the molecule is CCCC(C)(C)NC(=O)NCCCn1nc2n(c1=O)CCCC2. The van der Waals surface area contributed by atoms with Gasteiger partial charge in [0.2, 0.25) is 0 Å². The Morgan fingerprint density at radius 3 is 2.83 bits per heavy atom. The highest BCUT2D eigenvalue weighted by molar-refractivity contribution is 5.74. The summed E-state index contributed by atoms with van der Waals surface area (Å²) in [5.74, 6) is 0.897. The van der Waals surface area contributed by atoms with Gasteiger partial charge in [0, 0.05) is 31.6 Å². The summed E-state index contributed by atoms with van der Waals surface area (Å²) in [6.07, 6.45) is 5.70. The van der Waals surface area contributed by atoms with Crippen LogP contribution in [0.3, 0.4) is 0 Å². The summed E-state index contributed by atoms with van der Waals surface area (Å²) < 4.78 is 3.30. The molecule has 2 amide bonds.